The summed E-state index contributed by atoms with van der Waals surface area (Å²) < 4.78 is 15.7. The quantitative estimate of drug-likeness (QED) is 0.942. The van der Waals surface area contributed by atoms with Crippen LogP contribution in [0.3, 0.4) is 0 Å². The summed E-state index contributed by atoms with van der Waals surface area (Å²) in [5.41, 5.74) is 1.07. The van der Waals surface area contributed by atoms with E-state index >= 15 is 0 Å². The lowest BCUT2D eigenvalue weighted by molar-refractivity contribution is -0.136. The molecule has 1 N–H and O–H groups in total. The summed E-state index contributed by atoms with van der Waals surface area (Å²) >= 11 is 3.16. The number of carboxylic acids is 1. The number of nitrogens with zero attached hydrogens (tertiary/aromatic N) is 3. The van der Waals surface area contributed by atoms with Gasteiger partial charge in [0.15, 0.2) is 0 Å². The number of carboxylic acid groups (broad SMARTS) is 1. The first-order chi connectivity index (χ1) is 8.49. The number of carbonyl (C=O) groups is 1. The van der Waals surface area contributed by atoms with Gasteiger partial charge in [-0.25, -0.2) is 9.07 Å². The Labute approximate surface area is 110 Å². The van der Waals surface area contributed by atoms with Crippen LogP contribution in [-0.4, -0.2) is 26.1 Å². The molecule has 0 spiro atoms. The van der Waals surface area contributed by atoms with Gasteiger partial charge in [-0.1, -0.05) is 21.1 Å². The number of aromatic nitrogens is 3. The van der Waals surface area contributed by atoms with Crippen LogP contribution >= 0.6 is 15.9 Å². The van der Waals surface area contributed by atoms with Crippen molar-refractivity contribution in [2.75, 3.05) is 0 Å². The number of hydrogen-bond donors (Lipinski definition) is 1. The van der Waals surface area contributed by atoms with Crippen LogP contribution < -0.4 is 0 Å². The number of halogens is 2. The van der Waals surface area contributed by atoms with Crippen molar-refractivity contribution in [2.24, 2.45) is 0 Å². The largest absolute Gasteiger partial charge is 0.481 e. The maximum absolute atomic E-state index is 13.8. The lowest BCUT2D eigenvalue weighted by Gasteiger charge is -2.05. The van der Waals surface area contributed by atoms with Crippen molar-refractivity contribution in [1.29, 1.82) is 0 Å². The van der Waals surface area contributed by atoms with Gasteiger partial charge in [-0.05, 0) is 25.1 Å². The first kappa shape index (κ1) is 12.7. The Morgan fingerprint density at radius 2 is 2.28 bits per heavy atom. The molecule has 0 amide bonds. The molecule has 7 heteroatoms. The summed E-state index contributed by atoms with van der Waals surface area (Å²) in [6, 6.07) is 4.54. The van der Waals surface area contributed by atoms with E-state index in [-0.39, 0.29) is 12.1 Å². The molecule has 18 heavy (non-hydrogen) atoms. The van der Waals surface area contributed by atoms with Crippen molar-refractivity contribution in [1.82, 2.24) is 15.0 Å². The predicted octanol–water partition coefficient (Wildman–Crippen LogP) is 2.10. The van der Waals surface area contributed by atoms with Gasteiger partial charge >= 0.3 is 5.97 Å². The summed E-state index contributed by atoms with van der Waals surface area (Å²) in [7, 11) is 0. The van der Waals surface area contributed by atoms with Crippen molar-refractivity contribution in [3.05, 3.63) is 39.9 Å². The topological polar surface area (TPSA) is 68.0 Å². The van der Waals surface area contributed by atoms with Crippen molar-refractivity contribution < 1.29 is 14.3 Å². The van der Waals surface area contributed by atoms with E-state index in [2.05, 4.69) is 26.2 Å². The van der Waals surface area contributed by atoms with E-state index in [9.17, 15) is 9.18 Å². The molecule has 1 aromatic heterocycles. The minimum Gasteiger partial charge on any atom is -0.481 e. The van der Waals surface area contributed by atoms with Gasteiger partial charge in [0, 0.05) is 4.47 Å². The summed E-state index contributed by atoms with van der Waals surface area (Å²) in [5.74, 6) is -1.46. The Hall–Kier alpha value is -1.76. The van der Waals surface area contributed by atoms with Crippen LogP contribution in [0.1, 0.15) is 11.4 Å². The number of benzene rings is 1. The van der Waals surface area contributed by atoms with Gasteiger partial charge in [-0.15, -0.1) is 5.10 Å². The van der Waals surface area contributed by atoms with Gasteiger partial charge < -0.3 is 5.11 Å². The normalized spacial score (nSPS) is 10.6. The van der Waals surface area contributed by atoms with Crippen LogP contribution in [-0.2, 0) is 11.2 Å². The van der Waals surface area contributed by atoms with Crippen LogP contribution in [0.2, 0.25) is 0 Å². The molecule has 0 aliphatic carbocycles. The molecule has 0 bridgehead atoms. The Bertz CT molecular complexity index is 612. The molecule has 0 radical (unpaired) electrons. The SMILES string of the molecule is Cc1c(CC(=O)O)nnn1-c1ccc(Br)cc1F. The minimum absolute atomic E-state index is 0.232. The van der Waals surface area contributed by atoms with E-state index in [1.165, 1.54) is 10.7 Å². The number of hydrogen-bond acceptors (Lipinski definition) is 3. The van der Waals surface area contributed by atoms with Crippen molar-refractivity contribution >= 4 is 21.9 Å². The highest BCUT2D eigenvalue weighted by Gasteiger charge is 2.15. The fraction of sp³-hybridized carbons (Fsp3) is 0.182. The van der Waals surface area contributed by atoms with E-state index in [1.807, 2.05) is 0 Å². The van der Waals surface area contributed by atoms with Crippen LogP contribution in [0.5, 0.6) is 0 Å². The molecule has 0 aliphatic rings. The highest BCUT2D eigenvalue weighted by molar-refractivity contribution is 9.10. The average Bonchev–Trinajstić information content (AvgIpc) is 2.60. The second kappa shape index (κ2) is 4.85. The van der Waals surface area contributed by atoms with E-state index in [0.717, 1.165) is 0 Å². The van der Waals surface area contributed by atoms with Crippen LogP contribution in [0.4, 0.5) is 4.39 Å². The highest BCUT2D eigenvalue weighted by atomic mass is 79.9. The molecule has 0 unspecified atom stereocenters. The lowest BCUT2D eigenvalue weighted by atomic mass is 10.2. The molecule has 1 aromatic carbocycles. The second-order valence-corrected chi connectivity index (χ2v) is 4.62. The number of rotatable bonds is 3. The molecule has 2 rings (SSSR count). The van der Waals surface area contributed by atoms with E-state index in [0.29, 0.717) is 15.9 Å². The fourth-order valence-corrected chi connectivity index (χ4v) is 1.88. The summed E-state index contributed by atoms with van der Waals surface area (Å²) in [5, 5.41) is 16.2. The third-order valence-electron chi connectivity index (χ3n) is 2.45. The van der Waals surface area contributed by atoms with Crippen LogP contribution in [0.25, 0.3) is 5.69 Å². The molecule has 0 aliphatic heterocycles. The zero-order valence-electron chi connectivity index (χ0n) is 9.39. The summed E-state index contributed by atoms with van der Waals surface area (Å²) in [4.78, 5) is 10.6. The van der Waals surface area contributed by atoms with Gasteiger partial charge in [-0.3, -0.25) is 4.79 Å². The Kier molecular flexibility index (Phi) is 3.42. The molecule has 0 fully saturated rings. The average molecular weight is 314 g/mol. The van der Waals surface area contributed by atoms with Gasteiger partial charge in [-0.2, -0.15) is 0 Å². The van der Waals surface area contributed by atoms with Crippen LogP contribution in [0.15, 0.2) is 22.7 Å². The molecular formula is C11H9BrFN3O2. The second-order valence-electron chi connectivity index (χ2n) is 3.70. The Morgan fingerprint density at radius 1 is 1.56 bits per heavy atom. The van der Waals surface area contributed by atoms with Gasteiger partial charge in [0.05, 0.1) is 17.8 Å². The van der Waals surface area contributed by atoms with Crippen molar-refractivity contribution in [2.45, 2.75) is 13.3 Å². The molecule has 5 nitrogen and oxygen atoms in total. The first-order valence-corrected chi connectivity index (χ1v) is 5.86. The van der Waals surface area contributed by atoms with Crippen LogP contribution in [0, 0.1) is 12.7 Å². The van der Waals surface area contributed by atoms with Crippen molar-refractivity contribution in [3.63, 3.8) is 0 Å². The highest BCUT2D eigenvalue weighted by Crippen LogP contribution is 2.20. The number of aliphatic carboxylic acids is 1. The van der Waals surface area contributed by atoms with E-state index < -0.39 is 11.8 Å². The Balaban J connectivity index is 2.45. The molecule has 0 saturated heterocycles. The van der Waals surface area contributed by atoms with Gasteiger partial charge in [0.1, 0.15) is 11.5 Å². The first-order valence-electron chi connectivity index (χ1n) is 5.07. The molecule has 1 heterocycles. The lowest BCUT2D eigenvalue weighted by Crippen LogP contribution is -2.04. The molecule has 0 atom stereocenters. The Morgan fingerprint density at radius 3 is 2.89 bits per heavy atom. The standard InChI is InChI=1S/C11H9BrFN3O2/c1-6-9(5-11(17)18)14-15-16(6)10-3-2-7(12)4-8(10)13/h2-4H,5H2,1H3,(H,17,18). The zero-order chi connectivity index (χ0) is 13.3. The van der Waals surface area contributed by atoms with E-state index in [4.69, 9.17) is 5.11 Å². The van der Waals surface area contributed by atoms with Crippen molar-refractivity contribution in [3.8, 4) is 5.69 Å². The maximum atomic E-state index is 13.8. The van der Waals surface area contributed by atoms with E-state index in [1.54, 1.807) is 19.1 Å². The van der Waals surface area contributed by atoms with Gasteiger partial charge in [0.25, 0.3) is 0 Å². The monoisotopic (exact) mass is 313 g/mol. The molecule has 0 saturated carbocycles. The minimum atomic E-state index is -0.999. The zero-order valence-corrected chi connectivity index (χ0v) is 11.0. The third-order valence-corrected chi connectivity index (χ3v) is 2.94. The fourth-order valence-electron chi connectivity index (χ4n) is 1.55. The third kappa shape index (κ3) is 2.40. The maximum Gasteiger partial charge on any atom is 0.309 e. The summed E-state index contributed by atoms with van der Waals surface area (Å²) in [6.45, 7) is 1.65. The molecule has 94 valence electrons. The molecular weight excluding hydrogens is 305 g/mol. The van der Waals surface area contributed by atoms with Gasteiger partial charge in [0.2, 0.25) is 0 Å². The predicted molar refractivity (Wildman–Crippen MR) is 65.1 cm³/mol. The smallest absolute Gasteiger partial charge is 0.309 e. The molecule has 2 aromatic rings. The summed E-state index contributed by atoms with van der Waals surface area (Å²) in [6.07, 6.45) is -0.232.